The number of unbranched alkanes of at least 4 members (excludes halogenated alkanes) is 1. The second kappa shape index (κ2) is 10.9. The highest BCUT2D eigenvalue weighted by Crippen LogP contribution is 2.61. The lowest BCUT2D eigenvalue weighted by atomic mass is 9.48. The molecule has 4 aliphatic carbocycles. The SMILES string of the molecule is O=C(CCC12CC3CC(CC(C3)C1)C2)Cc1cccc(CCCCC(O)c2ccc(O)c3[nH]c(=O)ccc23)c1. The van der Waals surface area contributed by atoms with Crippen molar-refractivity contribution in [2.24, 2.45) is 23.2 Å². The molecule has 1 unspecified atom stereocenters. The molecule has 39 heavy (non-hydrogen) atoms. The fourth-order valence-electron chi connectivity index (χ4n) is 8.58. The Kier molecular flexibility index (Phi) is 7.37. The van der Waals surface area contributed by atoms with Crippen molar-refractivity contribution in [3.05, 3.63) is 75.6 Å². The zero-order chi connectivity index (χ0) is 27.0. The van der Waals surface area contributed by atoms with Gasteiger partial charge in [0.2, 0.25) is 5.56 Å². The first-order valence-corrected chi connectivity index (χ1v) is 15.0. The summed E-state index contributed by atoms with van der Waals surface area (Å²) in [5, 5.41) is 21.6. The molecule has 4 fully saturated rings. The maximum atomic E-state index is 13.0. The molecule has 0 saturated heterocycles. The Morgan fingerprint density at radius 1 is 0.949 bits per heavy atom. The van der Waals surface area contributed by atoms with E-state index >= 15 is 0 Å². The Labute approximate surface area is 230 Å². The number of rotatable bonds is 11. The molecule has 3 N–H and O–H groups in total. The number of ketones is 1. The highest BCUT2D eigenvalue weighted by Gasteiger charge is 2.50. The molecule has 5 heteroatoms. The number of carbonyl (C=O) groups is 1. The number of Topliss-reactive ketones (excluding diaryl/α,β-unsaturated/α-hetero) is 1. The zero-order valence-corrected chi connectivity index (χ0v) is 22.8. The summed E-state index contributed by atoms with van der Waals surface area (Å²) in [4.78, 5) is 27.3. The topological polar surface area (TPSA) is 90.4 Å². The van der Waals surface area contributed by atoms with Gasteiger partial charge in [-0.25, -0.2) is 0 Å². The predicted molar refractivity (Wildman–Crippen MR) is 154 cm³/mol. The van der Waals surface area contributed by atoms with Crippen LogP contribution in [0.1, 0.15) is 93.4 Å². The van der Waals surface area contributed by atoms with Crippen molar-refractivity contribution < 1.29 is 15.0 Å². The van der Waals surface area contributed by atoms with Crippen LogP contribution >= 0.6 is 0 Å². The molecule has 1 heterocycles. The molecule has 0 amide bonds. The maximum Gasteiger partial charge on any atom is 0.248 e. The third-order valence-electron chi connectivity index (χ3n) is 9.95. The minimum atomic E-state index is -0.670. The zero-order valence-electron chi connectivity index (χ0n) is 22.8. The molecule has 2 aromatic carbocycles. The molecule has 1 atom stereocenters. The Hall–Kier alpha value is -2.92. The number of hydrogen-bond acceptors (Lipinski definition) is 4. The van der Waals surface area contributed by atoms with Crippen LogP contribution in [0.15, 0.2) is 53.3 Å². The van der Waals surface area contributed by atoms with E-state index in [0.29, 0.717) is 40.5 Å². The van der Waals surface area contributed by atoms with Crippen LogP contribution in [-0.4, -0.2) is 21.0 Å². The van der Waals surface area contributed by atoms with Gasteiger partial charge in [-0.3, -0.25) is 9.59 Å². The van der Waals surface area contributed by atoms with Crippen molar-refractivity contribution in [3.8, 4) is 5.75 Å². The van der Waals surface area contributed by atoms with Gasteiger partial charge in [0.25, 0.3) is 0 Å². The first-order chi connectivity index (χ1) is 18.9. The number of benzene rings is 2. The number of aromatic amines is 1. The highest BCUT2D eigenvalue weighted by molar-refractivity contribution is 5.87. The first-order valence-electron chi connectivity index (χ1n) is 15.0. The van der Waals surface area contributed by atoms with Crippen molar-refractivity contribution in [2.75, 3.05) is 0 Å². The van der Waals surface area contributed by atoms with E-state index in [2.05, 4.69) is 29.2 Å². The number of aliphatic hydroxyl groups is 1. The predicted octanol–water partition coefficient (Wildman–Crippen LogP) is 6.79. The fraction of sp³-hybridized carbons (Fsp3) is 0.529. The summed E-state index contributed by atoms with van der Waals surface area (Å²) in [6.45, 7) is 0. The molecule has 206 valence electrons. The summed E-state index contributed by atoms with van der Waals surface area (Å²) in [6.07, 6.45) is 13.5. The van der Waals surface area contributed by atoms with Gasteiger partial charge in [0.05, 0.1) is 11.6 Å². The molecule has 4 aliphatic rings. The number of hydrogen-bond donors (Lipinski definition) is 3. The largest absolute Gasteiger partial charge is 0.506 e. The van der Waals surface area contributed by atoms with Gasteiger partial charge in [-0.05, 0) is 116 Å². The molecular formula is C34H41NO4. The van der Waals surface area contributed by atoms with Gasteiger partial charge in [-0.2, -0.15) is 0 Å². The molecule has 5 nitrogen and oxygen atoms in total. The van der Waals surface area contributed by atoms with Crippen LogP contribution in [0.25, 0.3) is 10.9 Å². The smallest absolute Gasteiger partial charge is 0.248 e. The van der Waals surface area contributed by atoms with Crippen LogP contribution in [0.4, 0.5) is 0 Å². The van der Waals surface area contributed by atoms with Crippen LogP contribution in [0.5, 0.6) is 5.75 Å². The van der Waals surface area contributed by atoms with E-state index in [4.69, 9.17) is 0 Å². The average Bonchev–Trinajstić information content (AvgIpc) is 2.90. The lowest BCUT2D eigenvalue weighted by Crippen LogP contribution is -2.46. The van der Waals surface area contributed by atoms with Crippen LogP contribution in [0, 0.1) is 23.2 Å². The summed E-state index contributed by atoms with van der Waals surface area (Å²) >= 11 is 0. The summed E-state index contributed by atoms with van der Waals surface area (Å²) in [5.41, 5.74) is 3.63. The number of aryl methyl sites for hydroxylation is 1. The normalized spacial score (nSPS) is 26.2. The number of phenols is 1. The number of fused-ring (bicyclic) bond motifs is 1. The molecular weight excluding hydrogens is 486 g/mol. The highest BCUT2D eigenvalue weighted by atomic mass is 16.3. The van der Waals surface area contributed by atoms with Crippen LogP contribution in [-0.2, 0) is 17.6 Å². The number of aliphatic hydroxyl groups excluding tert-OH is 1. The number of aromatic hydroxyl groups is 1. The van der Waals surface area contributed by atoms with Gasteiger partial charge in [-0.1, -0.05) is 36.8 Å². The average molecular weight is 528 g/mol. The number of nitrogens with one attached hydrogen (secondary N) is 1. The number of pyridine rings is 1. The Morgan fingerprint density at radius 2 is 1.67 bits per heavy atom. The Bertz CT molecular complexity index is 1370. The molecule has 1 aromatic heterocycles. The van der Waals surface area contributed by atoms with E-state index in [1.807, 2.05) is 0 Å². The summed E-state index contributed by atoms with van der Waals surface area (Å²) in [7, 11) is 0. The third-order valence-corrected chi connectivity index (χ3v) is 9.95. The quantitative estimate of drug-likeness (QED) is 0.240. The van der Waals surface area contributed by atoms with E-state index in [0.717, 1.165) is 55.4 Å². The fourth-order valence-corrected chi connectivity index (χ4v) is 8.58. The summed E-state index contributed by atoms with van der Waals surface area (Å²) in [6, 6.07) is 14.8. The second-order valence-corrected chi connectivity index (χ2v) is 13.0. The van der Waals surface area contributed by atoms with Crippen molar-refractivity contribution in [1.29, 1.82) is 0 Å². The van der Waals surface area contributed by atoms with Gasteiger partial charge in [0, 0.05) is 24.3 Å². The third kappa shape index (κ3) is 5.84. The monoisotopic (exact) mass is 527 g/mol. The van der Waals surface area contributed by atoms with Crippen LogP contribution in [0.2, 0.25) is 0 Å². The van der Waals surface area contributed by atoms with Crippen LogP contribution in [0.3, 0.4) is 0 Å². The molecule has 0 radical (unpaired) electrons. The van der Waals surface area contributed by atoms with Gasteiger partial charge in [0.15, 0.2) is 0 Å². The van der Waals surface area contributed by atoms with Crippen molar-refractivity contribution in [1.82, 2.24) is 4.98 Å². The molecule has 0 aliphatic heterocycles. The number of carbonyl (C=O) groups excluding carboxylic acids is 1. The number of phenolic OH excluding ortho intramolecular Hbond substituents is 1. The van der Waals surface area contributed by atoms with Gasteiger partial charge in [0.1, 0.15) is 11.5 Å². The minimum absolute atomic E-state index is 0.00441. The summed E-state index contributed by atoms with van der Waals surface area (Å²) in [5.74, 6) is 3.21. The second-order valence-electron chi connectivity index (χ2n) is 13.0. The minimum Gasteiger partial charge on any atom is -0.506 e. The van der Waals surface area contributed by atoms with Crippen molar-refractivity contribution in [3.63, 3.8) is 0 Å². The molecule has 3 aromatic rings. The first kappa shape index (κ1) is 26.3. The lowest BCUT2D eigenvalue weighted by Gasteiger charge is -2.57. The summed E-state index contributed by atoms with van der Waals surface area (Å²) < 4.78 is 0. The number of H-pyrrole nitrogens is 1. The Morgan fingerprint density at radius 3 is 2.41 bits per heavy atom. The van der Waals surface area contributed by atoms with Crippen molar-refractivity contribution in [2.45, 2.75) is 89.6 Å². The lowest BCUT2D eigenvalue weighted by molar-refractivity contribution is -0.120. The van der Waals surface area contributed by atoms with E-state index in [9.17, 15) is 19.8 Å². The van der Waals surface area contributed by atoms with Gasteiger partial charge < -0.3 is 15.2 Å². The molecule has 4 bridgehead atoms. The molecule has 0 spiro atoms. The standard InChI is InChI=1S/C34H41NO4/c36-27(12-13-34-19-24-15-25(20-34)17-26(16-24)21-34)18-23-6-3-5-22(14-23)4-1-2-7-30(37)28-8-10-31(38)33-29(28)9-11-32(39)35-33/h3,5-6,8-11,14,24-26,30,37-38H,1-2,4,7,12-13,15-21H2,(H,35,39). The van der Waals surface area contributed by atoms with E-state index in [-0.39, 0.29) is 11.3 Å². The van der Waals surface area contributed by atoms with Crippen molar-refractivity contribution >= 4 is 16.7 Å². The van der Waals surface area contributed by atoms with E-state index in [1.54, 1.807) is 12.1 Å². The molecule has 4 saturated carbocycles. The van der Waals surface area contributed by atoms with Gasteiger partial charge >= 0.3 is 0 Å². The van der Waals surface area contributed by atoms with Gasteiger partial charge in [-0.15, -0.1) is 0 Å². The van der Waals surface area contributed by atoms with E-state index in [1.165, 1.54) is 56.2 Å². The Balaban J connectivity index is 0.977. The maximum absolute atomic E-state index is 13.0. The van der Waals surface area contributed by atoms with E-state index < -0.39 is 6.10 Å². The number of aromatic nitrogens is 1. The molecule has 7 rings (SSSR count). The van der Waals surface area contributed by atoms with Crippen LogP contribution < -0.4 is 5.56 Å².